The van der Waals surface area contributed by atoms with E-state index in [0.29, 0.717) is 5.57 Å². The van der Waals surface area contributed by atoms with Gasteiger partial charge in [0.15, 0.2) is 5.78 Å². The summed E-state index contributed by atoms with van der Waals surface area (Å²) in [6, 6.07) is 0. The monoisotopic (exact) mass is 213 g/mol. The Bertz CT molecular complexity index is 380. The molecule has 4 nitrogen and oxygen atoms in total. The first-order valence-corrected chi connectivity index (χ1v) is 4.24. The lowest BCUT2D eigenvalue weighted by molar-refractivity contribution is -0.140. The number of carbonyl (C=O) groups is 2. The van der Waals surface area contributed by atoms with E-state index < -0.39 is 5.97 Å². The van der Waals surface area contributed by atoms with Gasteiger partial charge in [-0.25, -0.2) is 4.79 Å². The van der Waals surface area contributed by atoms with Gasteiger partial charge in [0.1, 0.15) is 5.71 Å². The van der Waals surface area contributed by atoms with Crippen LogP contribution in [0.5, 0.6) is 0 Å². The number of allylic oxidation sites excluding steroid dienone is 4. The summed E-state index contributed by atoms with van der Waals surface area (Å²) in [5, 5.41) is 3.66. The van der Waals surface area contributed by atoms with Gasteiger partial charge in [0, 0.05) is 13.0 Å². The van der Waals surface area contributed by atoms with Crippen LogP contribution < -0.4 is 0 Å². The minimum absolute atomic E-state index is 0.168. The highest BCUT2D eigenvalue weighted by molar-refractivity contribution is 6.48. The summed E-state index contributed by atoms with van der Waals surface area (Å²) >= 11 is 5.70. The van der Waals surface area contributed by atoms with Crippen LogP contribution in [0.1, 0.15) is 13.8 Å². The summed E-state index contributed by atoms with van der Waals surface area (Å²) in [4.78, 5) is 26.0. The molecule has 0 heterocycles. The number of oxime groups is 1. The molecule has 14 heavy (non-hydrogen) atoms. The highest BCUT2D eigenvalue weighted by Gasteiger charge is 2.14. The first-order valence-electron chi connectivity index (χ1n) is 3.86. The van der Waals surface area contributed by atoms with Crippen LogP contribution in [0.2, 0.25) is 0 Å². The molecule has 0 aromatic carbocycles. The largest absolute Gasteiger partial charge is 0.332 e. The number of rotatable bonds is 1. The fourth-order valence-electron chi connectivity index (χ4n) is 0.831. The third-order valence-electron chi connectivity index (χ3n) is 1.52. The number of halogens is 1. The van der Waals surface area contributed by atoms with E-state index in [-0.39, 0.29) is 16.5 Å². The fourth-order valence-corrected chi connectivity index (χ4v) is 1.02. The predicted octanol–water partition coefficient (Wildman–Crippen LogP) is 1.56. The Balaban J connectivity index is 2.90. The summed E-state index contributed by atoms with van der Waals surface area (Å²) < 4.78 is 0. The molecule has 0 atom stereocenters. The van der Waals surface area contributed by atoms with Gasteiger partial charge >= 0.3 is 5.97 Å². The average molecular weight is 214 g/mol. The van der Waals surface area contributed by atoms with E-state index in [9.17, 15) is 9.59 Å². The lowest BCUT2D eigenvalue weighted by Crippen LogP contribution is -2.09. The van der Waals surface area contributed by atoms with Crippen LogP contribution in [0, 0.1) is 0 Å². The first kappa shape index (κ1) is 10.7. The molecule has 1 rings (SSSR count). The number of hydrogen-bond acceptors (Lipinski definition) is 4. The number of carbonyl (C=O) groups excluding carboxylic acids is 2. The van der Waals surface area contributed by atoms with Gasteiger partial charge in [-0.2, -0.15) is 0 Å². The van der Waals surface area contributed by atoms with Crippen molar-refractivity contribution in [2.45, 2.75) is 13.8 Å². The van der Waals surface area contributed by atoms with E-state index in [1.165, 1.54) is 19.1 Å². The quantitative estimate of drug-likeness (QED) is 0.377. The Morgan fingerprint density at radius 3 is 2.71 bits per heavy atom. The molecule has 0 unspecified atom stereocenters. The van der Waals surface area contributed by atoms with E-state index in [1.807, 2.05) is 0 Å². The van der Waals surface area contributed by atoms with Crippen molar-refractivity contribution < 1.29 is 14.4 Å². The molecule has 0 aromatic rings. The van der Waals surface area contributed by atoms with E-state index >= 15 is 0 Å². The van der Waals surface area contributed by atoms with Gasteiger partial charge in [-0.3, -0.25) is 4.79 Å². The molecule has 0 radical (unpaired) electrons. The predicted molar refractivity (Wildman–Crippen MR) is 51.9 cm³/mol. The van der Waals surface area contributed by atoms with E-state index in [1.54, 1.807) is 6.92 Å². The van der Waals surface area contributed by atoms with Crippen molar-refractivity contribution in [2.75, 3.05) is 0 Å². The number of hydrogen-bond donors (Lipinski definition) is 0. The standard InChI is InChI=1S/C9H8ClNO3/c1-5-3-8(11-14-6(2)12)7(10)4-9(5)13/h3-4H,1-2H3/b11-8+. The van der Waals surface area contributed by atoms with E-state index in [0.717, 1.165) is 0 Å². The molecule has 0 aromatic heterocycles. The second-order valence-electron chi connectivity index (χ2n) is 2.74. The topological polar surface area (TPSA) is 55.7 Å². The van der Waals surface area contributed by atoms with Crippen molar-refractivity contribution in [1.29, 1.82) is 0 Å². The summed E-state index contributed by atoms with van der Waals surface area (Å²) in [5.41, 5.74) is 0.777. The molecule has 0 spiro atoms. The molecule has 0 fully saturated rings. The highest BCUT2D eigenvalue weighted by atomic mass is 35.5. The van der Waals surface area contributed by atoms with Gasteiger partial charge in [-0.1, -0.05) is 16.8 Å². The van der Waals surface area contributed by atoms with Crippen molar-refractivity contribution in [2.24, 2.45) is 5.16 Å². The SMILES string of the molecule is CC(=O)O/N=C1\C=C(C)C(=O)C=C1Cl. The second kappa shape index (κ2) is 4.19. The molecule has 74 valence electrons. The van der Waals surface area contributed by atoms with E-state index in [4.69, 9.17) is 11.6 Å². The summed E-state index contributed by atoms with van der Waals surface area (Å²) in [7, 11) is 0. The molecule has 0 amide bonds. The maximum Gasteiger partial charge on any atom is 0.332 e. The van der Waals surface area contributed by atoms with Gasteiger partial charge in [0.05, 0.1) is 5.03 Å². The second-order valence-corrected chi connectivity index (χ2v) is 3.15. The molecule has 0 aliphatic heterocycles. The maximum atomic E-state index is 11.1. The zero-order valence-corrected chi connectivity index (χ0v) is 8.46. The van der Waals surface area contributed by atoms with E-state index in [2.05, 4.69) is 9.99 Å². The van der Waals surface area contributed by atoms with Crippen molar-refractivity contribution in [3.05, 3.63) is 22.8 Å². The first-order chi connectivity index (χ1) is 6.50. The van der Waals surface area contributed by atoms with Gasteiger partial charge in [-0.15, -0.1) is 0 Å². The van der Waals surface area contributed by atoms with Crippen molar-refractivity contribution in [3.8, 4) is 0 Å². The Labute approximate surface area is 85.9 Å². The van der Waals surface area contributed by atoms with Crippen LogP contribution in [0.25, 0.3) is 0 Å². The van der Waals surface area contributed by atoms with Crippen molar-refractivity contribution in [3.63, 3.8) is 0 Å². The lowest BCUT2D eigenvalue weighted by Gasteiger charge is -2.06. The van der Waals surface area contributed by atoms with Gasteiger partial charge in [-0.05, 0) is 18.6 Å². The van der Waals surface area contributed by atoms with Crippen LogP contribution in [-0.4, -0.2) is 17.5 Å². The molecule has 5 heteroatoms. The lowest BCUT2D eigenvalue weighted by atomic mass is 10.1. The molecule has 1 aliphatic rings. The van der Waals surface area contributed by atoms with Crippen LogP contribution in [0.4, 0.5) is 0 Å². The minimum Gasteiger partial charge on any atom is -0.318 e. The Kier molecular flexibility index (Phi) is 3.19. The summed E-state index contributed by atoms with van der Waals surface area (Å²) in [6.07, 6.45) is 2.70. The van der Waals surface area contributed by atoms with Crippen molar-refractivity contribution >= 4 is 29.1 Å². The maximum absolute atomic E-state index is 11.1. The molecule has 1 aliphatic carbocycles. The van der Waals surface area contributed by atoms with Gasteiger partial charge in [0.2, 0.25) is 0 Å². The molecule has 0 N–H and O–H groups in total. The van der Waals surface area contributed by atoms with Crippen LogP contribution in [0.15, 0.2) is 27.9 Å². The van der Waals surface area contributed by atoms with Gasteiger partial charge in [0.25, 0.3) is 0 Å². The smallest absolute Gasteiger partial charge is 0.318 e. The Hall–Kier alpha value is -1.42. The molecule has 0 saturated heterocycles. The van der Waals surface area contributed by atoms with Crippen LogP contribution in [-0.2, 0) is 14.4 Å². The average Bonchev–Trinajstić information content (AvgIpc) is 2.09. The molecule has 0 saturated carbocycles. The Morgan fingerprint density at radius 2 is 2.14 bits per heavy atom. The third kappa shape index (κ3) is 2.53. The number of nitrogens with zero attached hydrogens (tertiary/aromatic N) is 1. The van der Waals surface area contributed by atoms with Gasteiger partial charge < -0.3 is 4.84 Å². The zero-order valence-electron chi connectivity index (χ0n) is 7.70. The fraction of sp³-hybridized carbons (Fsp3) is 0.222. The summed E-state index contributed by atoms with van der Waals surface area (Å²) in [5.74, 6) is -0.707. The van der Waals surface area contributed by atoms with Crippen LogP contribution in [0.3, 0.4) is 0 Å². The normalized spacial score (nSPS) is 19.1. The minimum atomic E-state index is -0.537. The van der Waals surface area contributed by atoms with Crippen molar-refractivity contribution in [1.82, 2.24) is 0 Å². The third-order valence-corrected chi connectivity index (χ3v) is 1.82. The van der Waals surface area contributed by atoms with Crippen LogP contribution >= 0.6 is 11.6 Å². The highest BCUT2D eigenvalue weighted by Crippen LogP contribution is 2.15. The summed E-state index contributed by atoms with van der Waals surface area (Å²) in [6.45, 7) is 2.86. The molecule has 0 bridgehead atoms. The zero-order chi connectivity index (χ0) is 10.7. The molecular weight excluding hydrogens is 206 g/mol. The Morgan fingerprint density at radius 1 is 1.50 bits per heavy atom. The molecular formula is C9H8ClNO3. The number of ketones is 1.